The average Bonchev–Trinajstić information content (AvgIpc) is 3.90. The third kappa shape index (κ3) is 9.39. The van der Waals surface area contributed by atoms with E-state index < -0.39 is 40.5 Å². The van der Waals surface area contributed by atoms with Crippen molar-refractivity contribution >= 4 is 29.5 Å². The zero-order valence-corrected chi connectivity index (χ0v) is 35.1. The maximum atomic E-state index is 13.0. The predicted molar refractivity (Wildman–Crippen MR) is 210 cm³/mol. The molecule has 6 rings (SSSR count). The van der Waals surface area contributed by atoms with Crippen LogP contribution in [0.5, 0.6) is 11.5 Å². The molecule has 306 valence electrons. The molecule has 1 N–H and O–H groups in total. The topological polar surface area (TPSA) is 156 Å². The second kappa shape index (κ2) is 16.0. The smallest absolute Gasteiger partial charge is 0.411 e. The number of carbonyl (C=O) groups excluding carboxylic acids is 3. The molecule has 0 radical (unpaired) electrons. The third-order valence-corrected chi connectivity index (χ3v) is 10.1. The van der Waals surface area contributed by atoms with E-state index >= 15 is 0 Å². The number of likely N-dealkylation sites (tertiary alicyclic amines) is 1. The van der Waals surface area contributed by atoms with Crippen LogP contribution in [0.1, 0.15) is 101 Å². The van der Waals surface area contributed by atoms with Gasteiger partial charge in [-0.2, -0.15) is 0 Å². The number of carbonyl (C=O) groups is 3. The Hall–Kier alpha value is -4.85. The van der Waals surface area contributed by atoms with Crippen molar-refractivity contribution in [3.63, 3.8) is 0 Å². The number of amides is 1. The summed E-state index contributed by atoms with van der Waals surface area (Å²) in [5.41, 5.74) is 5.19. The van der Waals surface area contributed by atoms with Gasteiger partial charge in [-0.05, 0) is 116 Å². The fourth-order valence-corrected chi connectivity index (χ4v) is 7.80. The molecule has 56 heavy (non-hydrogen) atoms. The van der Waals surface area contributed by atoms with Gasteiger partial charge in [0.25, 0.3) is 0 Å². The molecular weight excluding hydrogens is 720 g/mol. The first-order chi connectivity index (χ1) is 26.1. The summed E-state index contributed by atoms with van der Waals surface area (Å²) < 4.78 is 26.9. The molecule has 0 unspecified atom stereocenters. The molecule has 0 bridgehead atoms. The second-order valence-corrected chi connectivity index (χ2v) is 17.3. The Labute approximate surface area is 330 Å². The van der Waals surface area contributed by atoms with Crippen LogP contribution in [0.3, 0.4) is 0 Å². The minimum atomic E-state index is -0.812. The van der Waals surface area contributed by atoms with Crippen molar-refractivity contribution in [1.29, 1.82) is 0 Å². The number of aryl methyl sites for hydroxylation is 4. The Morgan fingerprint density at radius 1 is 0.714 bits per heavy atom. The molecule has 4 heterocycles. The van der Waals surface area contributed by atoms with Gasteiger partial charge in [-0.15, -0.1) is 0 Å². The lowest BCUT2D eigenvalue weighted by Crippen LogP contribution is -2.46. The van der Waals surface area contributed by atoms with Crippen LogP contribution in [0.4, 0.5) is 4.79 Å². The van der Waals surface area contributed by atoms with Gasteiger partial charge in [-0.1, -0.05) is 10.3 Å². The van der Waals surface area contributed by atoms with Gasteiger partial charge in [0.2, 0.25) is 0 Å². The second-order valence-electron chi connectivity index (χ2n) is 17.3. The maximum Gasteiger partial charge on any atom is 0.411 e. The minimum Gasteiger partial charge on any atom is -0.496 e. The molecule has 2 aromatic carbocycles. The molecular formula is C42H58N4O10. The van der Waals surface area contributed by atoms with Gasteiger partial charge in [0, 0.05) is 43.4 Å². The summed E-state index contributed by atoms with van der Waals surface area (Å²) in [5.74, 6) is 1.01. The first-order valence-corrected chi connectivity index (χ1v) is 19.0. The zero-order chi connectivity index (χ0) is 41.4. The van der Waals surface area contributed by atoms with Gasteiger partial charge in [-0.25, -0.2) is 9.59 Å². The van der Waals surface area contributed by atoms with Gasteiger partial charge in [-0.3, -0.25) is 9.69 Å². The summed E-state index contributed by atoms with van der Waals surface area (Å²) in [6.45, 7) is 19.6. The van der Waals surface area contributed by atoms with E-state index in [0.29, 0.717) is 25.8 Å². The largest absolute Gasteiger partial charge is 0.496 e. The van der Waals surface area contributed by atoms with Crippen molar-refractivity contribution in [2.45, 2.75) is 129 Å². The number of hydrogen-bond donors (Lipinski definition) is 1. The fourth-order valence-electron chi connectivity index (χ4n) is 7.80. The molecule has 0 saturated carbocycles. The highest BCUT2D eigenvalue weighted by atomic mass is 16.7. The molecule has 4 atom stereocenters. The monoisotopic (exact) mass is 778 g/mol. The van der Waals surface area contributed by atoms with Crippen LogP contribution in [0, 0.1) is 27.7 Å². The van der Waals surface area contributed by atoms with Crippen LogP contribution in [0.25, 0.3) is 0 Å². The highest BCUT2D eigenvalue weighted by Gasteiger charge is 2.55. The first-order valence-electron chi connectivity index (χ1n) is 19.0. The third-order valence-electron chi connectivity index (χ3n) is 10.1. The number of esters is 2. The van der Waals surface area contributed by atoms with E-state index in [-0.39, 0.29) is 25.0 Å². The van der Waals surface area contributed by atoms with E-state index in [9.17, 15) is 14.4 Å². The normalized spacial score (nSPS) is 24.1. The number of oxime groups is 2. The van der Waals surface area contributed by atoms with Crippen molar-refractivity contribution in [3.05, 3.63) is 57.6 Å². The molecule has 0 aromatic heterocycles. The molecule has 2 aromatic rings. The lowest BCUT2D eigenvalue weighted by atomic mass is 9.90. The van der Waals surface area contributed by atoms with E-state index in [1.807, 2.05) is 39.8 Å². The standard InChI is InChI=1S/C25H36N2O6.C17H22N2O4/c1-15-10-17(11-16(2)20(15)30-9)18-12-25(33-26-18)13-19(21(28)31-23(3,4)5)27(14-25)22(29)32-24(6,7)8;1-10-5-12(6-11(2)15(10)21-3)13-7-17(23-19-13)8-14(18-9-17)16(20)22-4/h10-11,19H,12-14H2,1-9H3;5-6,14,18H,7-9H2,1-4H3/t19-,25+;14-,17+/m00/s1. The Morgan fingerprint density at radius 3 is 1.62 bits per heavy atom. The van der Waals surface area contributed by atoms with Crippen LogP contribution in [0.15, 0.2) is 34.6 Å². The summed E-state index contributed by atoms with van der Waals surface area (Å²) in [4.78, 5) is 50.7. The van der Waals surface area contributed by atoms with Gasteiger partial charge in [0.05, 0.1) is 39.3 Å². The van der Waals surface area contributed by atoms with E-state index in [1.165, 1.54) is 12.0 Å². The van der Waals surface area contributed by atoms with Crippen LogP contribution in [0.2, 0.25) is 0 Å². The molecule has 14 nitrogen and oxygen atoms in total. The molecule has 0 aliphatic carbocycles. The van der Waals surface area contributed by atoms with E-state index in [4.69, 9.17) is 33.4 Å². The minimum absolute atomic E-state index is 0.187. The van der Waals surface area contributed by atoms with Gasteiger partial charge in [0.15, 0.2) is 11.2 Å². The van der Waals surface area contributed by atoms with Crippen LogP contribution in [-0.4, -0.2) is 103 Å². The van der Waals surface area contributed by atoms with E-state index in [1.54, 1.807) is 55.8 Å². The molecule has 4 aliphatic heterocycles. The number of nitrogens with zero attached hydrogens (tertiary/aromatic N) is 3. The van der Waals surface area contributed by atoms with Crippen molar-refractivity contribution in [3.8, 4) is 11.5 Å². The van der Waals surface area contributed by atoms with Gasteiger partial charge >= 0.3 is 18.0 Å². The Morgan fingerprint density at radius 2 is 1.18 bits per heavy atom. The number of benzene rings is 2. The Kier molecular flexibility index (Phi) is 12.0. The molecule has 4 aliphatic rings. The number of methoxy groups -OCH3 is 3. The Bertz CT molecular complexity index is 1830. The number of hydrogen-bond acceptors (Lipinski definition) is 13. The molecule has 2 spiro atoms. The van der Waals surface area contributed by atoms with Crippen LogP contribution in [-0.2, 0) is 33.5 Å². The van der Waals surface area contributed by atoms with Crippen LogP contribution < -0.4 is 14.8 Å². The summed E-state index contributed by atoms with van der Waals surface area (Å²) in [5, 5.41) is 11.8. The highest BCUT2D eigenvalue weighted by Crippen LogP contribution is 2.41. The average molecular weight is 779 g/mol. The van der Waals surface area contributed by atoms with Crippen molar-refractivity contribution in [2.75, 3.05) is 34.4 Å². The van der Waals surface area contributed by atoms with Crippen molar-refractivity contribution in [1.82, 2.24) is 10.2 Å². The SMILES string of the molecule is COC(=O)[C@@H]1C[C@@]2(CN1)CC(c1cc(C)c(OC)c(C)c1)=NO2.COc1c(C)cc(C2=NO[C@]3(C2)C[C@@H](C(=O)OC(C)(C)C)N(C(=O)OC(C)(C)C)C3)cc1C. The lowest BCUT2D eigenvalue weighted by molar-refractivity contribution is -0.160. The molecule has 1 amide bonds. The maximum absolute atomic E-state index is 13.0. The van der Waals surface area contributed by atoms with Crippen molar-refractivity contribution in [2.24, 2.45) is 10.3 Å². The predicted octanol–water partition coefficient (Wildman–Crippen LogP) is 6.24. The zero-order valence-electron chi connectivity index (χ0n) is 35.1. The summed E-state index contributed by atoms with van der Waals surface area (Å²) in [7, 11) is 4.73. The number of nitrogens with one attached hydrogen (secondary N) is 1. The first kappa shape index (κ1) is 42.3. The molecule has 14 heteroatoms. The molecule has 2 fully saturated rings. The lowest BCUT2D eigenvalue weighted by Gasteiger charge is -2.29. The quantitative estimate of drug-likeness (QED) is 0.262. The number of rotatable bonds is 6. The van der Waals surface area contributed by atoms with E-state index in [0.717, 1.165) is 56.3 Å². The van der Waals surface area contributed by atoms with Crippen LogP contribution >= 0.6 is 0 Å². The summed E-state index contributed by atoms with van der Waals surface area (Å²) >= 11 is 0. The van der Waals surface area contributed by atoms with Crippen molar-refractivity contribution < 1.29 is 47.7 Å². The summed E-state index contributed by atoms with van der Waals surface area (Å²) in [6, 6.07) is 7.01. The summed E-state index contributed by atoms with van der Waals surface area (Å²) in [6.07, 6.45) is 1.43. The van der Waals surface area contributed by atoms with Gasteiger partial charge in [0.1, 0.15) is 34.8 Å². The van der Waals surface area contributed by atoms with Gasteiger partial charge < -0.3 is 38.7 Å². The fraction of sp³-hybridized carbons (Fsp3) is 0.595. The number of ether oxygens (including phenoxy) is 5. The Balaban J connectivity index is 0.000000228. The van der Waals surface area contributed by atoms with E-state index in [2.05, 4.69) is 27.8 Å². The molecule has 2 saturated heterocycles. The highest BCUT2D eigenvalue weighted by molar-refractivity contribution is 6.03.